The number of aromatic nitrogens is 2. The van der Waals surface area contributed by atoms with Crippen molar-refractivity contribution >= 4 is 45.6 Å². The first-order valence-corrected chi connectivity index (χ1v) is 8.66. The maximum Gasteiger partial charge on any atom is 0.266 e. The lowest BCUT2D eigenvalue weighted by molar-refractivity contribution is -0.121. The fourth-order valence-electron chi connectivity index (χ4n) is 2.80. The number of aliphatic imine (C=N–C) groups is 1. The van der Waals surface area contributed by atoms with Crippen molar-refractivity contribution in [3.05, 3.63) is 65.3 Å². The van der Waals surface area contributed by atoms with Crippen LogP contribution in [0.4, 0.5) is 5.82 Å². The Balaban J connectivity index is 1.72. The van der Waals surface area contributed by atoms with Gasteiger partial charge in [0.15, 0.2) is 11.0 Å². The number of fused-ring (bicyclic) bond motifs is 1. The molecule has 1 aliphatic heterocycles. The molecule has 4 rings (SSSR count). The van der Waals surface area contributed by atoms with E-state index < -0.39 is 0 Å². The lowest BCUT2D eigenvalue weighted by Crippen LogP contribution is -2.23. The molecule has 5 nitrogen and oxygen atoms in total. The highest BCUT2D eigenvalue weighted by Crippen LogP contribution is 2.34. The van der Waals surface area contributed by atoms with Crippen LogP contribution in [0.2, 0.25) is 0 Å². The smallest absolute Gasteiger partial charge is 0.266 e. The molecule has 0 spiro atoms. The molecule has 0 unspecified atom stereocenters. The van der Waals surface area contributed by atoms with Gasteiger partial charge in [-0.2, -0.15) is 0 Å². The van der Waals surface area contributed by atoms with Crippen LogP contribution in [0.5, 0.6) is 0 Å². The fourth-order valence-corrected chi connectivity index (χ4v) is 3.76. The monoisotopic (exact) mass is 348 g/mol. The average Bonchev–Trinajstić information content (AvgIpc) is 3.09. The number of hydrogen-bond acceptors (Lipinski definition) is 4. The second-order valence-corrected chi connectivity index (χ2v) is 6.78. The minimum atomic E-state index is -0.0485. The normalized spacial score (nSPS) is 18.0. The Morgan fingerprint density at radius 3 is 2.72 bits per heavy atom. The van der Waals surface area contributed by atoms with Gasteiger partial charge in [0.05, 0.1) is 4.91 Å². The van der Waals surface area contributed by atoms with E-state index in [0.29, 0.717) is 15.9 Å². The number of rotatable bonds is 2. The molecule has 1 aliphatic rings. The summed E-state index contributed by atoms with van der Waals surface area (Å²) in [5, 5.41) is 1.76. The first kappa shape index (κ1) is 15.7. The molecule has 0 radical (unpaired) electrons. The second kappa shape index (κ2) is 6.22. The molecule has 1 amide bonds. The van der Waals surface area contributed by atoms with Crippen molar-refractivity contribution in [2.45, 2.75) is 0 Å². The number of pyridine rings is 1. The van der Waals surface area contributed by atoms with Gasteiger partial charge in [0.1, 0.15) is 0 Å². The zero-order valence-corrected chi connectivity index (χ0v) is 14.7. The lowest BCUT2D eigenvalue weighted by atomic mass is 10.1. The van der Waals surface area contributed by atoms with Crippen LogP contribution in [0.15, 0.2) is 64.8 Å². The Kier molecular flexibility index (Phi) is 3.89. The number of amides is 1. The van der Waals surface area contributed by atoms with Crippen LogP contribution in [0.25, 0.3) is 17.0 Å². The first-order valence-electron chi connectivity index (χ1n) is 7.85. The third-order valence-corrected chi connectivity index (χ3v) is 5.14. The molecule has 1 fully saturated rings. The van der Waals surface area contributed by atoms with Crippen molar-refractivity contribution in [1.82, 2.24) is 14.5 Å². The van der Waals surface area contributed by atoms with Gasteiger partial charge in [0.2, 0.25) is 0 Å². The van der Waals surface area contributed by atoms with E-state index >= 15 is 0 Å². The van der Waals surface area contributed by atoms with E-state index in [1.807, 2.05) is 49.7 Å². The highest BCUT2D eigenvalue weighted by molar-refractivity contribution is 8.18. The quantitative estimate of drug-likeness (QED) is 0.662. The third-order valence-electron chi connectivity index (χ3n) is 4.08. The van der Waals surface area contributed by atoms with Gasteiger partial charge in [0, 0.05) is 43.0 Å². The molecule has 25 heavy (non-hydrogen) atoms. The zero-order chi connectivity index (χ0) is 17.4. The van der Waals surface area contributed by atoms with Crippen molar-refractivity contribution in [1.29, 1.82) is 0 Å². The van der Waals surface area contributed by atoms with Gasteiger partial charge < -0.3 is 4.57 Å². The summed E-state index contributed by atoms with van der Waals surface area (Å²) in [5.74, 6) is 0.545. The number of likely N-dealkylation sites (N-methyl/N-ethyl adjacent to an activating group) is 1. The summed E-state index contributed by atoms with van der Waals surface area (Å²) in [6.07, 6.45) is 5.67. The highest BCUT2D eigenvalue weighted by Gasteiger charge is 2.30. The number of hydrogen-bond donors (Lipinski definition) is 0. The standard InChI is InChI=1S/C19H16N4OS/c1-22-12-13(14-7-3-4-8-15(14)22)11-16-18(24)23(2)19(25-16)21-17-9-5-6-10-20-17/h3-12H,1-2H3/b16-11-,21-19+. The summed E-state index contributed by atoms with van der Waals surface area (Å²) in [4.78, 5) is 23.5. The Hall–Kier alpha value is -2.86. The molecule has 0 bridgehead atoms. The van der Waals surface area contributed by atoms with Crippen LogP contribution < -0.4 is 0 Å². The Labute approximate surface area is 149 Å². The Morgan fingerprint density at radius 2 is 1.92 bits per heavy atom. The summed E-state index contributed by atoms with van der Waals surface area (Å²) >= 11 is 1.37. The minimum absolute atomic E-state index is 0.0485. The number of carbonyl (C=O) groups is 1. The number of aryl methyl sites for hydroxylation is 1. The van der Waals surface area contributed by atoms with Gasteiger partial charge in [-0.3, -0.25) is 9.69 Å². The van der Waals surface area contributed by atoms with E-state index in [1.54, 1.807) is 18.1 Å². The Morgan fingerprint density at radius 1 is 1.12 bits per heavy atom. The number of benzene rings is 1. The van der Waals surface area contributed by atoms with Crippen molar-refractivity contribution < 1.29 is 4.79 Å². The van der Waals surface area contributed by atoms with E-state index in [1.165, 1.54) is 11.8 Å². The molecule has 3 aromatic rings. The van der Waals surface area contributed by atoms with Crippen molar-refractivity contribution in [3.8, 4) is 0 Å². The van der Waals surface area contributed by atoms with Gasteiger partial charge in [-0.05, 0) is 36.0 Å². The summed E-state index contributed by atoms with van der Waals surface area (Å²) < 4.78 is 2.07. The molecule has 3 heterocycles. The summed E-state index contributed by atoms with van der Waals surface area (Å²) in [5.41, 5.74) is 2.17. The largest absolute Gasteiger partial charge is 0.350 e. The van der Waals surface area contributed by atoms with Crippen molar-refractivity contribution in [2.24, 2.45) is 12.0 Å². The van der Waals surface area contributed by atoms with E-state index in [2.05, 4.69) is 26.7 Å². The van der Waals surface area contributed by atoms with E-state index in [9.17, 15) is 4.79 Å². The van der Waals surface area contributed by atoms with Crippen molar-refractivity contribution in [3.63, 3.8) is 0 Å². The lowest BCUT2D eigenvalue weighted by Gasteiger charge is -2.06. The average molecular weight is 348 g/mol. The van der Waals surface area contributed by atoms with Crippen LogP contribution in [-0.2, 0) is 11.8 Å². The van der Waals surface area contributed by atoms with Crippen LogP contribution in [0.3, 0.4) is 0 Å². The molecular formula is C19H16N4OS. The number of para-hydroxylation sites is 1. The molecule has 124 valence electrons. The maximum atomic E-state index is 12.6. The molecule has 0 saturated carbocycles. The molecule has 0 N–H and O–H groups in total. The van der Waals surface area contributed by atoms with Crippen LogP contribution >= 0.6 is 11.8 Å². The minimum Gasteiger partial charge on any atom is -0.350 e. The predicted octanol–water partition coefficient (Wildman–Crippen LogP) is 3.81. The molecule has 0 aliphatic carbocycles. The van der Waals surface area contributed by atoms with Crippen LogP contribution in [0.1, 0.15) is 5.56 Å². The van der Waals surface area contributed by atoms with Gasteiger partial charge in [0.25, 0.3) is 5.91 Å². The molecule has 2 aromatic heterocycles. The Bertz CT molecular complexity index is 1020. The second-order valence-electron chi connectivity index (χ2n) is 5.77. The summed E-state index contributed by atoms with van der Waals surface area (Å²) in [7, 11) is 3.75. The number of amidine groups is 1. The number of carbonyl (C=O) groups excluding carboxylic acids is 1. The van der Waals surface area contributed by atoms with Gasteiger partial charge in [-0.25, -0.2) is 9.98 Å². The first-order chi connectivity index (χ1) is 12.1. The van der Waals surface area contributed by atoms with Gasteiger partial charge in [-0.15, -0.1) is 0 Å². The maximum absolute atomic E-state index is 12.6. The predicted molar refractivity (Wildman–Crippen MR) is 103 cm³/mol. The van der Waals surface area contributed by atoms with Gasteiger partial charge in [-0.1, -0.05) is 24.3 Å². The zero-order valence-electron chi connectivity index (χ0n) is 13.9. The SMILES string of the molecule is CN1C(=O)/C(=C/c2cn(C)c3ccccc23)S/C1=N/c1ccccn1. The fraction of sp³-hybridized carbons (Fsp3) is 0.105. The molecule has 1 aromatic carbocycles. The summed E-state index contributed by atoms with van der Waals surface area (Å²) in [6, 6.07) is 13.7. The van der Waals surface area contributed by atoms with E-state index in [-0.39, 0.29) is 5.91 Å². The molecule has 1 saturated heterocycles. The summed E-state index contributed by atoms with van der Waals surface area (Å²) in [6.45, 7) is 0. The van der Waals surface area contributed by atoms with Crippen molar-refractivity contribution in [2.75, 3.05) is 7.05 Å². The topological polar surface area (TPSA) is 50.5 Å². The van der Waals surface area contributed by atoms with Gasteiger partial charge >= 0.3 is 0 Å². The molecule has 0 atom stereocenters. The van der Waals surface area contributed by atoms with Crippen LogP contribution in [-0.4, -0.2) is 32.6 Å². The van der Waals surface area contributed by atoms with E-state index in [4.69, 9.17) is 0 Å². The highest BCUT2D eigenvalue weighted by atomic mass is 32.2. The molecular weight excluding hydrogens is 332 g/mol. The van der Waals surface area contributed by atoms with Crippen LogP contribution in [0, 0.1) is 0 Å². The number of nitrogens with zero attached hydrogens (tertiary/aromatic N) is 4. The van der Waals surface area contributed by atoms with E-state index in [0.717, 1.165) is 16.5 Å². The third kappa shape index (κ3) is 2.85. The number of thioether (sulfide) groups is 1. The molecule has 6 heteroatoms.